The molecule has 1 rings (SSSR count). The third-order valence-electron chi connectivity index (χ3n) is 4.03. The lowest BCUT2D eigenvalue weighted by atomic mass is 9.84. The van der Waals surface area contributed by atoms with Crippen molar-refractivity contribution in [1.29, 1.82) is 0 Å². The Kier molecular flexibility index (Phi) is 6.01. The van der Waals surface area contributed by atoms with Gasteiger partial charge in [0.1, 0.15) is 4.83 Å². The number of carbonyl (C=O) groups is 2. The summed E-state index contributed by atoms with van der Waals surface area (Å²) in [6, 6.07) is 4.32. The van der Waals surface area contributed by atoms with E-state index in [0.717, 1.165) is 12.1 Å². The second-order valence-corrected chi connectivity index (χ2v) is 6.80. The van der Waals surface area contributed by atoms with Gasteiger partial charge in [-0.25, -0.2) is 0 Å². The summed E-state index contributed by atoms with van der Waals surface area (Å²) in [4.78, 5) is 23.3. The zero-order valence-electron chi connectivity index (χ0n) is 13.3. The average Bonchev–Trinajstić information content (AvgIpc) is 2.45. The number of alkyl halides is 4. The fraction of sp³-hybridized carbons (Fsp3) is 0.500. The summed E-state index contributed by atoms with van der Waals surface area (Å²) < 4.78 is 37.7. The van der Waals surface area contributed by atoms with Crippen LogP contribution in [0.1, 0.15) is 43.6 Å². The summed E-state index contributed by atoms with van der Waals surface area (Å²) >= 11 is 3.17. The van der Waals surface area contributed by atoms with Gasteiger partial charge in [0.25, 0.3) is 0 Å². The summed E-state index contributed by atoms with van der Waals surface area (Å²) in [6.07, 6.45) is -4.42. The van der Waals surface area contributed by atoms with E-state index in [4.69, 9.17) is 0 Å². The van der Waals surface area contributed by atoms with E-state index in [1.807, 2.05) is 13.8 Å². The predicted octanol–water partition coefficient (Wildman–Crippen LogP) is 4.26. The quantitative estimate of drug-likeness (QED) is 0.759. The van der Waals surface area contributed by atoms with Gasteiger partial charge in [-0.2, -0.15) is 13.2 Å². The van der Waals surface area contributed by atoms with Crippen LogP contribution in [0, 0.1) is 5.92 Å². The molecular weight excluding hydrogens is 375 g/mol. The van der Waals surface area contributed by atoms with Gasteiger partial charge in [-0.1, -0.05) is 41.9 Å². The molecule has 128 valence electrons. The Bertz CT molecular complexity index is 584. The van der Waals surface area contributed by atoms with Crippen LogP contribution in [0.2, 0.25) is 0 Å². The van der Waals surface area contributed by atoms with Crippen LogP contribution in [0.25, 0.3) is 0 Å². The normalized spacial score (nSPS) is 15.9. The van der Waals surface area contributed by atoms with Crippen molar-refractivity contribution >= 4 is 27.6 Å². The second kappa shape index (κ2) is 7.03. The van der Waals surface area contributed by atoms with E-state index in [1.54, 1.807) is 6.92 Å². The van der Waals surface area contributed by atoms with Crippen molar-refractivity contribution in [2.75, 3.05) is 0 Å². The van der Waals surface area contributed by atoms with E-state index in [1.165, 1.54) is 19.1 Å². The van der Waals surface area contributed by atoms with E-state index in [0.29, 0.717) is 5.56 Å². The summed E-state index contributed by atoms with van der Waals surface area (Å²) in [6.45, 7) is 6.64. The molecule has 1 aromatic carbocycles. The first kappa shape index (κ1) is 19.7. The van der Waals surface area contributed by atoms with Gasteiger partial charge in [0.05, 0.1) is 11.1 Å². The van der Waals surface area contributed by atoms with Gasteiger partial charge in [-0.3, -0.25) is 9.59 Å². The number of rotatable bonds is 5. The highest BCUT2D eigenvalue weighted by Gasteiger charge is 2.37. The lowest BCUT2D eigenvalue weighted by molar-refractivity contribution is -0.137. The van der Waals surface area contributed by atoms with Gasteiger partial charge in [0.15, 0.2) is 5.78 Å². The monoisotopic (exact) mass is 393 g/mol. The molecule has 0 saturated heterocycles. The molecule has 1 aromatic rings. The molecule has 2 atom stereocenters. The molecule has 0 aliphatic heterocycles. The number of hydrogen-bond acceptors (Lipinski definition) is 2. The van der Waals surface area contributed by atoms with Crippen LogP contribution in [0.4, 0.5) is 13.2 Å². The fourth-order valence-electron chi connectivity index (χ4n) is 1.95. The first-order valence-corrected chi connectivity index (χ1v) is 7.95. The average molecular weight is 394 g/mol. The Morgan fingerprint density at radius 2 is 1.61 bits per heavy atom. The molecule has 2 unspecified atom stereocenters. The van der Waals surface area contributed by atoms with Crippen molar-refractivity contribution in [1.82, 2.24) is 5.32 Å². The maximum absolute atomic E-state index is 12.6. The smallest absolute Gasteiger partial charge is 0.342 e. The Hall–Kier alpha value is -1.37. The molecule has 0 spiro atoms. The molecule has 0 fully saturated rings. The minimum atomic E-state index is -4.42. The van der Waals surface area contributed by atoms with Crippen LogP contribution in [0.15, 0.2) is 24.3 Å². The van der Waals surface area contributed by atoms with Crippen molar-refractivity contribution in [3.63, 3.8) is 0 Å². The topological polar surface area (TPSA) is 46.2 Å². The van der Waals surface area contributed by atoms with Crippen LogP contribution >= 0.6 is 15.9 Å². The summed E-state index contributed by atoms with van der Waals surface area (Å²) in [7, 11) is 0. The third kappa shape index (κ3) is 4.56. The van der Waals surface area contributed by atoms with E-state index in [9.17, 15) is 22.8 Å². The van der Waals surface area contributed by atoms with Crippen molar-refractivity contribution in [2.24, 2.45) is 5.92 Å². The molecule has 0 saturated carbocycles. The molecule has 1 amide bonds. The predicted molar refractivity (Wildman–Crippen MR) is 85.2 cm³/mol. The number of hydrogen-bond donors (Lipinski definition) is 1. The zero-order chi connectivity index (χ0) is 18.0. The van der Waals surface area contributed by atoms with E-state index in [-0.39, 0.29) is 11.7 Å². The summed E-state index contributed by atoms with van der Waals surface area (Å²) in [5.41, 5.74) is -1.43. The molecular formula is C16H19BrF3NO2. The van der Waals surface area contributed by atoms with Gasteiger partial charge in [-0.05, 0) is 37.5 Å². The molecule has 7 heteroatoms. The van der Waals surface area contributed by atoms with Crippen LogP contribution in [0.5, 0.6) is 0 Å². The van der Waals surface area contributed by atoms with Crippen molar-refractivity contribution in [3.8, 4) is 0 Å². The van der Waals surface area contributed by atoms with Gasteiger partial charge in [-0.15, -0.1) is 0 Å². The lowest BCUT2D eigenvalue weighted by Gasteiger charge is -2.33. The van der Waals surface area contributed by atoms with Crippen LogP contribution in [-0.4, -0.2) is 17.2 Å². The number of amides is 1. The Morgan fingerprint density at radius 3 is 1.96 bits per heavy atom. The lowest BCUT2D eigenvalue weighted by Crippen LogP contribution is -2.55. The fourth-order valence-corrected chi connectivity index (χ4v) is 2.37. The van der Waals surface area contributed by atoms with Gasteiger partial charge in [0.2, 0.25) is 5.91 Å². The number of Topliss-reactive ketones (excluding diaryl/α,β-unsaturated/α-hetero) is 1. The minimum absolute atomic E-state index is 0.128. The highest BCUT2D eigenvalue weighted by molar-refractivity contribution is 9.09. The maximum Gasteiger partial charge on any atom is 0.416 e. The molecule has 0 radical (unpaired) electrons. The standard InChI is InChI=1S/C16H19BrF3NO2/c1-9(2)15(4,10(3)22)21-14(23)13(17)11-5-7-12(8-6-11)16(18,19)20/h5-9,13H,1-4H3,(H,21,23). The molecule has 0 aliphatic rings. The highest BCUT2D eigenvalue weighted by atomic mass is 79.9. The molecule has 0 aliphatic carbocycles. The van der Waals surface area contributed by atoms with Crippen molar-refractivity contribution in [2.45, 2.75) is 44.2 Å². The Morgan fingerprint density at radius 1 is 1.13 bits per heavy atom. The second-order valence-electron chi connectivity index (χ2n) is 5.88. The van der Waals surface area contributed by atoms with Gasteiger partial charge in [0, 0.05) is 0 Å². The number of benzene rings is 1. The molecule has 1 N–H and O–H groups in total. The molecule has 0 heterocycles. The molecule has 0 bridgehead atoms. The van der Waals surface area contributed by atoms with Gasteiger partial charge >= 0.3 is 6.18 Å². The summed E-state index contributed by atoms with van der Waals surface area (Å²) in [5.74, 6) is -0.791. The van der Waals surface area contributed by atoms with E-state index < -0.39 is 28.0 Å². The third-order valence-corrected chi connectivity index (χ3v) is 4.97. The van der Waals surface area contributed by atoms with Crippen LogP contribution in [-0.2, 0) is 15.8 Å². The SMILES string of the molecule is CC(=O)C(C)(NC(=O)C(Br)c1ccc(C(F)(F)F)cc1)C(C)C. The molecule has 3 nitrogen and oxygen atoms in total. The minimum Gasteiger partial charge on any atom is -0.342 e. The first-order chi connectivity index (χ1) is 10.4. The van der Waals surface area contributed by atoms with E-state index in [2.05, 4.69) is 21.2 Å². The van der Waals surface area contributed by atoms with Crippen LogP contribution < -0.4 is 5.32 Å². The van der Waals surface area contributed by atoms with E-state index >= 15 is 0 Å². The number of carbonyl (C=O) groups excluding carboxylic acids is 2. The van der Waals surface area contributed by atoms with Crippen molar-refractivity contribution in [3.05, 3.63) is 35.4 Å². The van der Waals surface area contributed by atoms with Crippen molar-refractivity contribution < 1.29 is 22.8 Å². The summed E-state index contributed by atoms with van der Waals surface area (Å²) in [5, 5.41) is 2.68. The maximum atomic E-state index is 12.6. The largest absolute Gasteiger partial charge is 0.416 e. The van der Waals surface area contributed by atoms with Gasteiger partial charge < -0.3 is 5.32 Å². The molecule has 0 aromatic heterocycles. The Labute approximate surface area is 141 Å². The Balaban J connectivity index is 2.95. The number of nitrogens with one attached hydrogen (secondary N) is 1. The first-order valence-electron chi connectivity index (χ1n) is 7.04. The van der Waals surface area contributed by atoms with Crippen LogP contribution in [0.3, 0.4) is 0 Å². The number of ketones is 1. The molecule has 23 heavy (non-hydrogen) atoms. The number of halogens is 4. The highest BCUT2D eigenvalue weighted by Crippen LogP contribution is 2.32. The zero-order valence-corrected chi connectivity index (χ0v) is 14.9.